The van der Waals surface area contributed by atoms with E-state index in [0.29, 0.717) is 6.42 Å². The van der Waals surface area contributed by atoms with Crippen LogP contribution >= 0.6 is 12.4 Å². The fourth-order valence-electron chi connectivity index (χ4n) is 3.72. The Morgan fingerprint density at radius 3 is 2.65 bits per heavy atom. The second-order valence-electron chi connectivity index (χ2n) is 6.17. The van der Waals surface area contributed by atoms with Crippen molar-refractivity contribution in [2.24, 2.45) is 5.73 Å². The molecule has 20 heavy (non-hydrogen) atoms. The first kappa shape index (κ1) is 15.3. The number of carbonyl (C=O) groups excluding carboxylic acids is 1. The summed E-state index contributed by atoms with van der Waals surface area (Å²) in [4.78, 5) is 14.4. The van der Waals surface area contributed by atoms with E-state index in [1.165, 1.54) is 31.2 Å². The number of benzene rings is 1. The number of rotatable bonds is 2. The van der Waals surface area contributed by atoms with Gasteiger partial charge in [-0.3, -0.25) is 4.79 Å². The van der Waals surface area contributed by atoms with Gasteiger partial charge in [0.2, 0.25) is 5.91 Å². The van der Waals surface area contributed by atoms with Gasteiger partial charge in [0.25, 0.3) is 0 Å². The molecular formula is C16H23ClN2O. The molecule has 1 atom stereocenters. The number of halogens is 1. The third-order valence-corrected chi connectivity index (χ3v) is 4.59. The van der Waals surface area contributed by atoms with Crippen LogP contribution in [0.3, 0.4) is 0 Å². The van der Waals surface area contributed by atoms with Crippen molar-refractivity contribution in [3.63, 3.8) is 0 Å². The quantitative estimate of drug-likeness (QED) is 0.911. The molecule has 4 heteroatoms. The first-order valence-electron chi connectivity index (χ1n) is 7.28. The van der Waals surface area contributed by atoms with Gasteiger partial charge in [0.15, 0.2) is 0 Å². The van der Waals surface area contributed by atoms with Gasteiger partial charge in [-0.2, -0.15) is 0 Å². The Bertz CT molecular complexity index is 495. The van der Waals surface area contributed by atoms with Gasteiger partial charge < -0.3 is 10.6 Å². The molecule has 1 aliphatic heterocycles. The monoisotopic (exact) mass is 294 g/mol. The molecule has 3 nitrogen and oxygen atoms in total. The third kappa shape index (κ3) is 2.45. The van der Waals surface area contributed by atoms with Crippen LogP contribution < -0.4 is 10.6 Å². The second kappa shape index (κ2) is 5.74. The summed E-state index contributed by atoms with van der Waals surface area (Å²) in [5, 5.41) is 0. The average molecular weight is 295 g/mol. The summed E-state index contributed by atoms with van der Waals surface area (Å²) < 4.78 is 0. The van der Waals surface area contributed by atoms with E-state index in [4.69, 9.17) is 5.73 Å². The fraction of sp³-hybridized carbons (Fsp3) is 0.562. The van der Waals surface area contributed by atoms with E-state index in [1.807, 2.05) is 17.9 Å². The Hall–Kier alpha value is -1.06. The molecule has 2 aliphatic rings. The van der Waals surface area contributed by atoms with Crippen molar-refractivity contribution in [2.45, 2.75) is 50.5 Å². The SMILES string of the molecule is CC(N)CC(=O)N1CC2(CCCC2)c2ccccc21.Cl. The number of nitrogens with two attached hydrogens (primary N) is 1. The Morgan fingerprint density at radius 2 is 2.00 bits per heavy atom. The molecule has 110 valence electrons. The predicted octanol–water partition coefficient (Wildman–Crippen LogP) is 3.00. The van der Waals surface area contributed by atoms with Gasteiger partial charge in [0.1, 0.15) is 0 Å². The molecule has 1 aromatic carbocycles. The summed E-state index contributed by atoms with van der Waals surface area (Å²) in [6.45, 7) is 2.75. The summed E-state index contributed by atoms with van der Waals surface area (Å²) in [6, 6.07) is 8.35. The minimum Gasteiger partial charge on any atom is -0.327 e. The van der Waals surface area contributed by atoms with Crippen LogP contribution in [0.5, 0.6) is 0 Å². The summed E-state index contributed by atoms with van der Waals surface area (Å²) in [5.74, 6) is 0.172. The predicted molar refractivity (Wildman–Crippen MR) is 84.5 cm³/mol. The lowest BCUT2D eigenvalue weighted by atomic mass is 9.81. The van der Waals surface area contributed by atoms with E-state index in [0.717, 1.165) is 12.2 Å². The Balaban J connectivity index is 0.00000147. The summed E-state index contributed by atoms with van der Waals surface area (Å²) in [5.41, 5.74) is 8.51. The third-order valence-electron chi connectivity index (χ3n) is 4.59. The van der Waals surface area contributed by atoms with Gasteiger partial charge >= 0.3 is 0 Å². The Morgan fingerprint density at radius 1 is 1.35 bits per heavy atom. The van der Waals surface area contributed by atoms with Gasteiger partial charge in [0.05, 0.1) is 0 Å². The van der Waals surface area contributed by atoms with E-state index in [2.05, 4.69) is 18.2 Å². The van der Waals surface area contributed by atoms with E-state index < -0.39 is 0 Å². The smallest absolute Gasteiger partial charge is 0.228 e. The van der Waals surface area contributed by atoms with Crippen LogP contribution in [0.2, 0.25) is 0 Å². The summed E-state index contributed by atoms with van der Waals surface area (Å²) in [7, 11) is 0. The highest BCUT2D eigenvalue weighted by molar-refractivity contribution is 5.96. The van der Waals surface area contributed by atoms with Gasteiger partial charge in [-0.05, 0) is 31.4 Å². The molecule has 2 N–H and O–H groups in total. The second-order valence-corrected chi connectivity index (χ2v) is 6.17. The Labute approximate surface area is 126 Å². The lowest BCUT2D eigenvalue weighted by Gasteiger charge is -2.25. The molecule has 1 heterocycles. The fourth-order valence-corrected chi connectivity index (χ4v) is 3.72. The molecule has 1 amide bonds. The number of hydrogen-bond donors (Lipinski definition) is 1. The topological polar surface area (TPSA) is 46.3 Å². The minimum absolute atomic E-state index is 0. The molecule has 1 saturated carbocycles. The number of amides is 1. The molecule has 3 rings (SSSR count). The molecule has 1 unspecified atom stereocenters. The summed E-state index contributed by atoms with van der Waals surface area (Å²) in [6.07, 6.45) is 5.43. The Kier molecular flexibility index (Phi) is 4.40. The molecule has 0 saturated heterocycles. The van der Waals surface area contributed by atoms with Crippen molar-refractivity contribution in [1.29, 1.82) is 0 Å². The van der Waals surface area contributed by atoms with Crippen molar-refractivity contribution in [3.05, 3.63) is 29.8 Å². The molecule has 0 radical (unpaired) electrons. The van der Waals surface area contributed by atoms with Crippen molar-refractivity contribution in [3.8, 4) is 0 Å². The summed E-state index contributed by atoms with van der Waals surface area (Å²) >= 11 is 0. The van der Waals surface area contributed by atoms with Gasteiger partial charge in [-0.25, -0.2) is 0 Å². The normalized spacial score (nSPS) is 20.6. The van der Waals surface area contributed by atoms with Gasteiger partial charge in [0, 0.05) is 30.1 Å². The van der Waals surface area contributed by atoms with Crippen LogP contribution in [-0.4, -0.2) is 18.5 Å². The average Bonchev–Trinajstić information content (AvgIpc) is 2.97. The van der Waals surface area contributed by atoms with Crippen molar-refractivity contribution >= 4 is 24.0 Å². The number of hydrogen-bond acceptors (Lipinski definition) is 2. The first-order valence-corrected chi connectivity index (χ1v) is 7.28. The maximum absolute atomic E-state index is 12.4. The molecule has 0 bridgehead atoms. The lowest BCUT2D eigenvalue weighted by molar-refractivity contribution is -0.118. The zero-order valence-corrected chi connectivity index (χ0v) is 12.8. The van der Waals surface area contributed by atoms with E-state index in [-0.39, 0.29) is 29.8 Å². The van der Waals surface area contributed by atoms with Crippen molar-refractivity contribution in [1.82, 2.24) is 0 Å². The standard InChI is InChI=1S/C16H22N2O.ClH/c1-12(17)10-15(19)18-11-16(8-4-5-9-16)13-6-2-3-7-14(13)18;/h2-3,6-7,12H,4-5,8-11,17H2,1H3;1H. The van der Waals surface area contributed by atoms with E-state index >= 15 is 0 Å². The van der Waals surface area contributed by atoms with Gasteiger partial charge in [-0.1, -0.05) is 31.0 Å². The number of para-hydroxylation sites is 1. The maximum atomic E-state index is 12.4. The van der Waals surface area contributed by atoms with E-state index in [1.54, 1.807) is 0 Å². The zero-order chi connectivity index (χ0) is 13.5. The molecule has 1 fully saturated rings. The number of carbonyl (C=O) groups is 1. The van der Waals surface area contributed by atoms with Crippen LogP contribution in [0.1, 0.15) is 44.6 Å². The highest BCUT2D eigenvalue weighted by Gasteiger charge is 2.45. The minimum atomic E-state index is -0.0696. The molecular weight excluding hydrogens is 272 g/mol. The largest absolute Gasteiger partial charge is 0.327 e. The zero-order valence-electron chi connectivity index (χ0n) is 12.0. The van der Waals surface area contributed by atoms with Crippen LogP contribution in [0, 0.1) is 0 Å². The lowest BCUT2D eigenvalue weighted by Crippen LogP contribution is -2.37. The van der Waals surface area contributed by atoms with E-state index in [9.17, 15) is 4.79 Å². The molecule has 1 aromatic rings. The van der Waals surface area contributed by atoms with Crippen LogP contribution in [0.4, 0.5) is 5.69 Å². The maximum Gasteiger partial charge on any atom is 0.228 e. The van der Waals surface area contributed by atoms with Crippen LogP contribution in [0.25, 0.3) is 0 Å². The highest BCUT2D eigenvalue weighted by Crippen LogP contribution is 2.50. The van der Waals surface area contributed by atoms with Gasteiger partial charge in [-0.15, -0.1) is 12.4 Å². The number of anilines is 1. The molecule has 1 aliphatic carbocycles. The highest BCUT2D eigenvalue weighted by atomic mass is 35.5. The van der Waals surface area contributed by atoms with Crippen LogP contribution in [0.15, 0.2) is 24.3 Å². The molecule has 1 spiro atoms. The first-order chi connectivity index (χ1) is 9.12. The van der Waals surface area contributed by atoms with Crippen molar-refractivity contribution in [2.75, 3.05) is 11.4 Å². The number of fused-ring (bicyclic) bond motifs is 2. The van der Waals surface area contributed by atoms with Crippen molar-refractivity contribution < 1.29 is 4.79 Å². The van der Waals surface area contributed by atoms with Crippen LogP contribution in [-0.2, 0) is 10.2 Å². The number of nitrogens with zero attached hydrogens (tertiary/aromatic N) is 1. The molecule has 0 aromatic heterocycles.